The summed E-state index contributed by atoms with van der Waals surface area (Å²) < 4.78 is 0. The van der Waals surface area contributed by atoms with Gasteiger partial charge in [0.15, 0.2) is 0 Å². The molecule has 1 aliphatic carbocycles. The van der Waals surface area contributed by atoms with Gasteiger partial charge in [0.1, 0.15) is 11.2 Å². The number of halogens is 2. The Morgan fingerprint density at radius 3 is 2.47 bits per heavy atom. The van der Waals surface area contributed by atoms with Crippen molar-refractivity contribution >= 4 is 41.0 Å². The van der Waals surface area contributed by atoms with Gasteiger partial charge in [-0.25, -0.2) is 15.0 Å². The second-order valence-electron chi connectivity index (χ2n) is 4.42. The minimum atomic E-state index is 0. The van der Waals surface area contributed by atoms with Gasteiger partial charge < -0.3 is 9.88 Å². The van der Waals surface area contributed by atoms with Crippen LogP contribution in [0.2, 0.25) is 5.28 Å². The predicted octanol–water partition coefficient (Wildman–Crippen LogP) is 2.91. The molecule has 1 aromatic heterocycles. The van der Waals surface area contributed by atoms with Gasteiger partial charge in [0, 0.05) is 14.1 Å². The molecular formula is C12H13Cl2N5. The molecule has 2 heterocycles. The average Bonchev–Trinajstić information content (AvgIpc) is 2.86. The molecule has 0 saturated heterocycles. The monoisotopic (exact) mass is 297 g/mol. The summed E-state index contributed by atoms with van der Waals surface area (Å²) in [5, 5.41) is 0.259. The van der Waals surface area contributed by atoms with E-state index in [0.717, 1.165) is 33.9 Å². The molecule has 0 atom stereocenters. The molecule has 0 saturated carbocycles. The zero-order chi connectivity index (χ0) is 12.9. The summed E-state index contributed by atoms with van der Waals surface area (Å²) in [4.78, 5) is 18.2. The molecule has 0 fully saturated rings. The number of aromatic nitrogens is 4. The Labute approximate surface area is 121 Å². The van der Waals surface area contributed by atoms with Gasteiger partial charge in [-0.2, -0.15) is 0 Å². The predicted molar refractivity (Wildman–Crippen MR) is 79.6 cm³/mol. The van der Waals surface area contributed by atoms with Crippen molar-refractivity contribution in [3.05, 3.63) is 23.0 Å². The summed E-state index contributed by atoms with van der Waals surface area (Å²) in [6, 6.07) is 3.98. The minimum absolute atomic E-state index is 0. The third kappa shape index (κ3) is 2.19. The molecule has 0 bridgehead atoms. The van der Waals surface area contributed by atoms with Crippen LogP contribution >= 0.6 is 24.0 Å². The fraction of sp³-hybridized carbons (Fsp3) is 0.250. The van der Waals surface area contributed by atoms with E-state index in [1.165, 1.54) is 0 Å². The molecule has 19 heavy (non-hydrogen) atoms. The van der Waals surface area contributed by atoms with Crippen molar-refractivity contribution in [3.63, 3.8) is 0 Å². The Morgan fingerprint density at radius 1 is 1.11 bits per heavy atom. The Hall–Kier alpha value is -1.59. The van der Waals surface area contributed by atoms with Crippen LogP contribution in [-0.2, 0) is 0 Å². The lowest BCUT2D eigenvalue weighted by Gasteiger charge is -2.05. The largest absolute Gasteiger partial charge is 0.349 e. The molecule has 5 nitrogen and oxygen atoms in total. The second kappa shape index (κ2) is 4.83. The van der Waals surface area contributed by atoms with Crippen LogP contribution in [0.5, 0.6) is 0 Å². The molecule has 0 spiro atoms. The van der Waals surface area contributed by atoms with Gasteiger partial charge in [0.2, 0.25) is 11.2 Å². The smallest absolute Gasteiger partial charge is 0.223 e. The summed E-state index contributed by atoms with van der Waals surface area (Å²) in [6.07, 6.45) is 0. The lowest BCUT2D eigenvalue weighted by Crippen LogP contribution is -2.09. The van der Waals surface area contributed by atoms with Crippen molar-refractivity contribution in [2.24, 2.45) is 0 Å². The molecule has 0 amide bonds. The molecule has 0 unspecified atom stereocenters. The molecule has 7 heteroatoms. The van der Waals surface area contributed by atoms with E-state index in [4.69, 9.17) is 11.6 Å². The molecule has 1 aromatic rings. The standard InChI is InChI=1S/C12H12ClN5.ClH/c1-6-4-5-7-9(17-12(14-7)18(2)3)10-8(6)15-11(13)16-10;/h4-5H,1-3H3,(H,14,17);1H. The number of imidazole rings is 2. The van der Waals surface area contributed by atoms with Crippen molar-refractivity contribution in [1.82, 2.24) is 19.9 Å². The first-order chi connectivity index (χ1) is 8.56. The van der Waals surface area contributed by atoms with E-state index in [9.17, 15) is 0 Å². The van der Waals surface area contributed by atoms with E-state index in [-0.39, 0.29) is 17.7 Å². The number of rotatable bonds is 1. The quantitative estimate of drug-likeness (QED) is 0.750. The van der Waals surface area contributed by atoms with Crippen LogP contribution in [0.15, 0.2) is 12.1 Å². The highest BCUT2D eigenvalue weighted by Crippen LogP contribution is 2.30. The first-order valence-electron chi connectivity index (χ1n) is 5.56. The van der Waals surface area contributed by atoms with Gasteiger partial charge in [-0.1, -0.05) is 6.07 Å². The Bertz CT molecular complexity index is 707. The van der Waals surface area contributed by atoms with Crippen LogP contribution in [-0.4, -0.2) is 34.0 Å². The molecule has 1 N–H and O–H groups in total. The average molecular weight is 298 g/mol. The molecule has 2 aliphatic rings. The first kappa shape index (κ1) is 13.8. The number of hydrogen-bond donors (Lipinski definition) is 1. The third-order valence-corrected chi connectivity index (χ3v) is 3.04. The summed E-state index contributed by atoms with van der Waals surface area (Å²) in [7, 11) is 3.87. The lowest BCUT2D eigenvalue weighted by atomic mass is 10.2. The highest BCUT2D eigenvalue weighted by atomic mass is 35.5. The minimum Gasteiger partial charge on any atom is -0.349 e. The fourth-order valence-electron chi connectivity index (χ4n) is 1.93. The Morgan fingerprint density at radius 2 is 1.79 bits per heavy atom. The lowest BCUT2D eigenvalue weighted by molar-refractivity contribution is 1.05. The highest BCUT2D eigenvalue weighted by molar-refractivity contribution is 6.28. The summed E-state index contributed by atoms with van der Waals surface area (Å²) in [5.74, 6) is 0.786. The van der Waals surface area contributed by atoms with Gasteiger partial charge in [0.05, 0.1) is 11.2 Å². The number of fused-ring (bicyclic) bond motifs is 3. The van der Waals surface area contributed by atoms with Crippen molar-refractivity contribution in [1.29, 1.82) is 0 Å². The van der Waals surface area contributed by atoms with Crippen molar-refractivity contribution in [3.8, 4) is 11.4 Å². The summed E-state index contributed by atoms with van der Waals surface area (Å²) in [5.41, 5.74) is 4.28. The van der Waals surface area contributed by atoms with Gasteiger partial charge in [-0.05, 0) is 30.2 Å². The first-order valence-corrected chi connectivity index (χ1v) is 5.94. The zero-order valence-electron chi connectivity index (χ0n) is 10.7. The van der Waals surface area contributed by atoms with Crippen LogP contribution < -0.4 is 4.90 Å². The number of nitrogens with zero attached hydrogens (tertiary/aromatic N) is 4. The second-order valence-corrected chi connectivity index (χ2v) is 4.76. The number of aryl methyl sites for hydroxylation is 1. The number of hydrogen-bond acceptors (Lipinski definition) is 4. The van der Waals surface area contributed by atoms with Gasteiger partial charge >= 0.3 is 0 Å². The highest BCUT2D eigenvalue weighted by Gasteiger charge is 2.17. The summed E-state index contributed by atoms with van der Waals surface area (Å²) in [6.45, 7) is 1.99. The van der Waals surface area contributed by atoms with Gasteiger partial charge in [0.25, 0.3) is 0 Å². The van der Waals surface area contributed by atoms with E-state index in [0.29, 0.717) is 0 Å². The zero-order valence-corrected chi connectivity index (χ0v) is 12.3. The van der Waals surface area contributed by atoms with E-state index in [1.807, 2.05) is 38.1 Å². The maximum atomic E-state index is 5.90. The Balaban J connectivity index is 0.00000133. The van der Waals surface area contributed by atoms with Crippen LogP contribution in [0, 0.1) is 6.92 Å². The Kier molecular flexibility index (Phi) is 3.52. The van der Waals surface area contributed by atoms with Crippen molar-refractivity contribution in [2.75, 3.05) is 19.0 Å². The maximum absolute atomic E-state index is 5.90. The molecule has 0 radical (unpaired) electrons. The SMILES string of the molecule is Cc1ccc2[nH]c(N(C)C)nc2c2nc(Cl)nc1-2.Cl. The van der Waals surface area contributed by atoms with Gasteiger partial charge in [-0.3, -0.25) is 0 Å². The molecular weight excluding hydrogens is 285 g/mol. The van der Waals surface area contributed by atoms with Crippen molar-refractivity contribution in [2.45, 2.75) is 6.92 Å². The molecule has 1 aliphatic heterocycles. The van der Waals surface area contributed by atoms with Gasteiger partial charge in [-0.15, -0.1) is 12.4 Å². The fourth-order valence-corrected chi connectivity index (χ4v) is 2.10. The third-order valence-electron chi connectivity index (χ3n) is 2.87. The number of anilines is 1. The van der Waals surface area contributed by atoms with E-state index in [1.54, 1.807) is 0 Å². The van der Waals surface area contributed by atoms with Crippen LogP contribution in [0.1, 0.15) is 5.56 Å². The normalized spacial score (nSPS) is 10.7. The number of nitrogens with one attached hydrogen (secondary N) is 1. The van der Waals surface area contributed by atoms with E-state index < -0.39 is 0 Å². The van der Waals surface area contributed by atoms with E-state index in [2.05, 4.69) is 19.9 Å². The van der Waals surface area contributed by atoms with Crippen molar-refractivity contribution < 1.29 is 0 Å². The molecule has 3 rings (SSSR count). The maximum Gasteiger partial charge on any atom is 0.223 e. The van der Waals surface area contributed by atoms with Crippen LogP contribution in [0.4, 0.5) is 5.95 Å². The van der Waals surface area contributed by atoms with Crippen LogP contribution in [0.3, 0.4) is 0 Å². The number of aromatic amines is 1. The molecule has 100 valence electrons. The molecule has 0 aromatic carbocycles. The number of H-pyrrole nitrogens is 1. The van der Waals surface area contributed by atoms with Crippen LogP contribution in [0.25, 0.3) is 22.4 Å². The topological polar surface area (TPSA) is 57.7 Å². The summed E-state index contributed by atoms with van der Waals surface area (Å²) >= 11 is 5.90. The van der Waals surface area contributed by atoms with E-state index >= 15 is 0 Å².